The second kappa shape index (κ2) is 7.83. The zero-order valence-electron chi connectivity index (χ0n) is 15.2. The fourth-order valence-electron chi connectivity index (χ4n) is 2.42. The van der Waals surface area contributed by atoms with Gasteiger partial charge in [-0.15, -0.1) is 0 Å². The predicted octanol–water partition coefficient (Wildman–Crippen LogP) is 2.21. The summed E-state index contributed by atoms with van der Waals surface area (Å²) in [5, 5.41) is 6.91. The minimum atomic E-state index is -0.602. The smallest absolute Gasteiger partial charge is 0.344 e. The van der Waals surface area contributed by atoms with Gasteiger partial charge >= 0.3 is 5.97 Å². The molecular weight excluding hydrogens is 322 g/mol. The van der Waals surface area contributed by atoms with Gasteiger partial charge in [0.2, 0.25) is 0 Å². The highest BCUT2D eigenvalue weighted by Crippen LogP contribution is 2.19. The average Bonchev–Trinajstić information content (AvgIpc) is 2.78. The van der Waals surface area contributed by atoms with Gasteiger partial charge < -0.3 is 14.8 Å². The summed E-state index contributed by atoms with van der Waals surface area (Å²) < 4.78 is 12.0. The summed E-state index contributed by atoms with van der Waals surface area (Å²) in [7, 11) is 1.79. The van der Waals surface area contributed by atoms with Crippen molar-refractivity contribution in [1.82, 2.24) is 9.78 Å². The number of rotatable bonds is 6. The summed E-state index contributed by atoms with van der Waals surface area (Å²) >= 11 is 0. The fourth-order valence-corrected chi connectivity index (χ4v) is 2.42. The number of amides is 1. The van der Waals surface area contributed by atoms with Gasteiger partial charge in [-0.1, -0.05) is 17.7 Å². The molecule has 1 aromatic carbocycles. The highest BCUT2D eigenvalue weighted by molar-refractivity contribution is 5.93. The van der Waals surface area contributed by atoms with Crippen molar-refractivity contribution in [2.45, 2.75) is 27.7 Å². The summed E-state index contributed by atoms with van der Waals surface area (Å²) in [6.07, 6.45) is 0. The number of nitrogens with zero attached hydrogens (tertiary/aromatic N) is 2. The second-order valence-electron chi connectivity index (χ2n) is 5.94. The van der Waals surface area contributed by atoms with Crippen LogP contribution in [-0.4, -0.2) is 34.9 Å². The monoisotopic (exact) mass is 345 g/mol. The third kappa shape index (κ3) is 4.82. The number of esters is 1. The maximum absolute atomic E-state index is 11.9. The number of ether oxygens (including phenoxy) is 2. The molecule has 1 amide bonds. The average molecular weight is 345 g/mol. The Bertz CT molecular complexity index is 796. The summed E-state index contributed by atoms with van der Waals surface area (Å²) in [5.74, 6) is -0.401. The van der Waals surface area contributed by atoms with E-state index in [9.17, 15) is 9.59 Å². The van der Waals surface area contributed by atoms with Crippen LogP contribution < -0.4 is 10.1 Å². The number of hydrogen-bond donors (Lipinski definition) is 1. The molecule has 0 unspecified atom stereocenters. The molecule has 7 nitrogen and oxygen atoms in total. The molecule has 0 bridgehead atoms. The number of aryl methyl sites for hydroxylation is 4. The topological polar surface area (TPSA) is 82.4 Å². The lowest BCUT2D eigenvalue weighted by molar-refractivity contribution is -0.149. The summed E-state index contributed by atoms with van der Waals surface area (Å²) in [5.41, 5.74) is 4.22. The summed E-state index contributed by atoms with van der Waals surface area (Å²) in [4.78, 5) is 23.7. The number of carbonyl (C=O) groups is 2. The van der Waals surface area contributed by atoms with Crippen LogP contribution in [0.25, 0.3) is 0 Å². The molecule has 25 heavy (non-hydrogen) atoms. The Labute approximate surface area is 146 Å². The van der Waals surface area contributed by atoms with Crippen molar-refractivity contribution in [2.75, 3.05) is 18.5 Å². The summed E-state index contributed by atoms with van der Waals surface area (Å²) in [6, 6.07) is 5.67. The zero-order chi connectivity index (χ0) is 18.6. The standard InChI is InChI=1S/C18H23N3O4/c1-11-6-7-15(12(2)8-11)24-10-17(23)25-9-16(22)19-18-13(3)20-21(5)14(18)4/h6-8H,9-10H2,1-5H3,(H,19,22). The minimum absolute atomic E-state index is 0.248. The van der Waals surface area contributed by atoms with E-state index in [0.717, 1.165) is 16.8 Å². The first-order valence-corrected chi connectivity index (χ1v) is 7.93. The van der Waals surface area contributed by atoms with Gasteiger partial charge in [-0.25, -0.2) is 4.79 Å². The third-order valence-corrected chi connectivity index (χ3v) is 3.81. The van der Waals surface area contributed by atoms with Gasteiger partial charge in [-0.3, -0.25) is 9.48 Å². The lowest BCUT2D eigenvalue weighted by Crippen LogP contribution is -2.24. The molecule has 0 atom stereocenters. The van der Waals surface area contributed by atoms with Crippen LogP contribution in [0.15, 0.2) is 18.2 Å². The SMILES string of the molecule is Cc1ccc(OCC(=O)OCC(=O)Nc2c(C)nn(C)c2C)c(C)c1. The van der Waals surface area contributed by atoms with E-state index in [-0.39, 0.29) is 13.2 Å². The van der Waals surface area contributed by atoms with Crippen molar-refractivity contribution < 1.29 is 19.1 Å². The van der Waals surface area contributed by atoms with E-state index >= 15 is 0 Å². The van der Waals surface area contributed by atoms with Crippen molar-refractivity contribution >= 4 is 17.6 Å². The molecular formula is C18H23N3O4. The van der Waals surface area contributed by atoms with Crippen LogP contribution in [0.3, 0.4) is 0 Å². The van der Waals surface area contributed by atoms with Crippen LogP contribution in [0, 0.1) is 27.7 Å². The number of anilines is 1. The van der Waals surface area contributed by atoms with E-state index in [1.165, 1.54) is 0 Å². The quantitative estimate of drug-likeness (QED) is 0.812. The van der Waals surface area contributed by atoms with Crippen LogP contribution in [0.4, 0.5) is 5.69 Å². The molecule has 7 heteroatoms. The fraction of sp³-hybridized carbons (Fsp3) is 0.389. The molecule has 1 heterocycles. The van der Waals surface area contributed by atoms with Crippen molar-refractivity contribution in [1.29, 1.82) is 0 Å². The lowest BCUT2D eigenvalue weighted by Gasteiger charge is -2.10. The normalized spacial score (nSPS) is 10.4. The highest BCUT2D eigenvalue weighted by atomic mass is 16.6. The van der Waals surface area contributed by atoms with Crippen molar-refractivity contribution in [3.05, 3.63) is 40.7 Å². The molecule has 0 saturated heterocycles. The molecule has 0 radical (unpaired) electrons. The number of hydrogen-bond acceptors (Lipinski definition) is 5. The van der Waals surface area contributed by atoms with Gasteiger partial charge in [0.25, 0.3) is 5.91 Å². The van der Waals surface area contributed by atoms with Crippen molar-refractivity contribution in [3.63, 3.8) is 0 Å². The van der Waals surface area contributed by atoms with Crippen molar-refractivity contribution in [3.8, 4) is 5.75 Å². The molecule has 0 fully saturated rings. The Morgan fingerprint density at radius 3 is 2.48 bits per heavy atom. The zero-order valence-corrected chi connectivity index (χ0v) is 15.2. The van der Waals surface area contributed by atoms with E-state index in [1.807, 2.05) is 32.9 Å². The highest BCUT2D eigenvalue weighted by Gasteiger charge is 2.14. The van der Waals surface area contributed by atoms with Gasteiger partial charge in [-0.2, -0.15) is 5.10 Å². The Morgan fingerprint density at radius 2 is 1.88 bits per heavy atom. The second-order valence-corrected chi connectivity index (χ2v) is 5.94. The van der Waals surface area contributed by atoms with Gasteiger partial charge in [0.15, 0.2) is 13.2 Å². The summed E-state index contributed by atoms with van der Waals surface area (Å²) in [6.45, 7) is 6.91. The van der Waals surface area contributed by atoms with Crippen LogP contribution in [0.5, 0.6) is 5.75 Å². The first-order valence-electron chi connectivity index (χ1n) is 7.93. The van der Waals surface area contributed by atoms with E-state index in [0.29, 0.717) is 17.1 Å². The van der Waals surface area contributed by atoms with Crippen LogP contribution in [0.1, 0.15) is 22.5 Å². The van der Waals surface area contributed by atoms with Crippen LogP contribution >= 0.6 is 0 Å². The van der Waals surface area contributed by atoms with Gasteiger partial charge in [0.1, 0.15) is 5.75 Å². The Morgan fingerprint density at radius 1 is 1.16 bits per heavy atom. The molecule has 134 valence electrons. The molecule has 1 aromatic heterocycles. The molecule has 2 aromatic rings. The molecule has 0 saturated carbocycles. The number of aromatic nitrogens is 2. The van der Waals surface area contributed by atoms with Crippen LogP contribution in [-0.2, 0) is 21.4 Å². The van der Waals surface area contributed by atoms with Gasteiger partial charge in [0.05, 0.1) is 17.1 Å². The Balaban J connectivity index is 1.80. The number of nitrogens with one attached hydrogen (secondary N) is 1. The predicted molar refractivity (Wildman–Crippen MR) is 93.7 cm³/mol. The first kappa shape index (κ1) is 18.5. The lowest BCUT2D eigenvalue weighted by atomic mass is 10.1. The number of carbonyl (C=O) groups excluding carboxylic acids is 2. The van der Waals surface area contributed by atoms with Crippen molar-refractivity contribution in [2.24, 2.45) is 7.05 Å². The van der Waals surface area contributed by atoms with E-state index in [4.69, 9.17) is 9.47 Å². The first-order chi connectivity index (χ1) is 11.8. The van der Waals surface area contributed by atoms with Crippen LogP contribution in [0.2, 0.25) is 0 Å². The maximum Gasteiger partial charge on any atom is 0.344 e. The molecule has 0 aliphatic carbocycles. The molecule has 2 rings (SSSR count). The number of benzene rings is 1. The maximum atomic E-state index is 11.9. The third-order valence-electron chi connectivity index (χ3n) is 3.81. The van der Waals surface area contributed by atoms with E-state index in [1.54, 1.807) is 24.7 Å². The molecule has 0 spiro atoms. The molecule has 0 aliphatic heterocycles. The minimum Gasteiger partial charge on any atom is -0.482 e. The molecule has 1 N–H and O–H groups in total. The van der Waals surface area contributed by atoms with Gasteiger partial charge in [0, 0.05) is 7.05 Å². The van der Waals surface area contributed by atoms with E-state index in [2.05, 4.69) is 10.4 Å². The van der Waals surface area contributed by atoms with Gasteiger partial charge in [-0.05, 0) is 39.3 Å². The molecule has 0 aliphatic rings. The Hall–Kier alpha value is -2.83. The van der Waals surface area contributed by atoms with E-state index < -0.39 is 11.9 Å². The Kier molecular flexibility index (Phi) is 5.80. The largest absolute Gasteiger partial charge is 0.482 e.